The average Bonchev–Trinajstić information content (AvgIpc) is 2.12. The smallest absolute Gasteiger partial charge is 0.332 e. The van der Waals surface area contributed by atoms with Crippen molar-refractivity contribution >= 4 is 5.97 Å². The van der Waals surface area contributed by atoms with Gasteiger partial charge in [0.15, 0.2) is 5.54 Å². The van der Waals surface area contributed by atoms with Crippen molar-refractivity contribution in [1.29, 1.82) is 0 Å². The van der Waals surface area contributed by atoms with Crippen molar-refractivity contribution in [2.24, 2.45) is 11.5 Å². The number of halogens is 1. The van der Waals surface area contributed by atoms with Crippen LogP contribution in [0.1, 0.15) is 0 Å². The lowest BCUT2D eigenvalue weighted by Gasteiger charge is -2.18. The van der Waals surface area contributed by atoms with E-state index in [1.165, 1.54) is 12.2 Å². The number of carbonyl (C=O) groups excluding carboxylic acids is 1. The number of nitrogens with two attached hydrogens (primary N) is 2. The van der Waals surface area contributed by atoms with Crippen LogP contribution in [-0.4, -0.2) is 31.8 Å². The molecule has 0 fully saturated rings. The van der Waals surface area contributed by atoms with Crippen molar-refractivity contribution in [1.82, 2.24) is 0 Å². The summed E-state index contributed by atoms with van der Waals surface area (Å²) < 4.78 is 16.6. The Morgan fingerprint density at radius 2 is 2.33 bits per heavy atom. The van der Waals surface area contributed by atoms with Gasteiger partial charge in [-0.1, -0.05) is 12.2 Å². The monoisotopic (exact) mass is 176 g/mol. The molecule has 5 heteroatoms. The highest BCUT2D eigenvalue weighted by Crippen LogP contribution is 2.05. The summed E-state index contributed by atoms with van der Waals surface area (Å²) in [5, 5.41) is 0. The van der Waals surface area contributed by atoms with E-state index in [9.17, 15) is 9.18 Å². The maximum absolute atomic E-state index is 12.3. The number of methoxy groups -OCH3 is 1. The van der Waals surface area contributed by atoms with E-state index < -0.39 is 18.2 Å². The Labute approximate surface area is 70.4 Å². The van der Waals surface area contributed by atoms with E-state index >= 15 is 0 Å². The minimum atomic E-state index is -1.69. The first-order valence-corrected chi connectivity index (χ1v) is 3.41. The average molecular weight is 176 g/mol. The summed E-state index contributed by atoms with van der Waals surface area (Å²) in [4.78, 5) is 10.9. The molecule has 0 bridgehead atoms. The molecule has 4 nitrogen and oxygen atoms in total. The second kappa shape index (κ2) is 4.84. The van der Waals surface area contributed by atoms with Gasteiger partial charge in [0.25, 0.3) is 0 Å². The summed E-state index contributed by atoms with van der Waals surface area (Å²) in [6, 6.07) is 0. The van der Waals surface area contributed by atoms with Gasteiger partial charge in [-0.05, 0) is 0 Å². The van der Waals surface area contributed by atoms with Crippen LogP contribution in [-0.2, 0) is 9.53 Å². The summed E-state index contributed by atoms with van der Waals surface area (Å²) in [5.74, 6) is -0.810. The fourth-order valence-electron chi connectivity index (χ4n) is 0.636. The third-order valence-corrected chi connectivity index (χ3v) is 1.34. The topological polar surface area (TPSA) is 78.3 Å². The lowest BCUT2D eigenvalue weighted by Crippen LogP contribution is -2.49. The zero-order chi connectivity index (χ0) is 9.61. The number of hydrogen-bond acceptors (Lipinski definition) is 4. The van der Waals surface area contributed by atoms with Gasteiger partial charge >= 0.3 is 5.97 Å². The Morgan fingerprint density at radius 1 is 1.75 bits per heavy atom. The zero-order valence-electron chi connectivity index (χ0n) is 6.92. The van der Waals surface area contributed by atoms with Gasteiger partial charge in [0.05, 0.1) is 7.11 Å². The number of carbonyl (C=O) groups is 1. The van der Waals surface area contributed by atoms with Gasteiger partial charge in [-0.15, -0.1) is 0 Å². The normalized spacial score (nSPS) is 16.0. The first-order chi connectivity index (χ1) is 5.60. The lowest BCUT2D eigenvalue weighted by molar-refractivity contribution is -0.145. The fourth-order valence-corrected chi connectivity index (χ4v) is 0.636. The second-order valence-electron chi connectivity index (χ2n) is 2.30. The molecule has 0 radical (unpaired) electrons. The van der Waals surface area contributed by atoms with Crippen molar-refractivity contribution in [3.8, 4) is 0 Å². The highest BCUT2D eigenvalue weighted by Gasteiger charge is 2.32. The van der Waals surface area contributed by atoms with E-state index in [1.54, 1.807) is 0 Å². The summed E-state index contributed by atoms with van der Waals surface area (Å²) in [5.41, 5.74) is 8.77. The van der Waals surface area contributed by atoms with Crippen LogP contribution in [0.2, 0.25) is 0 Å². The summed E-state index contributed by atoms with van der Waals surface area (Å²) in [6.07, 6.45) is 2.62. The number of rotatable bonds is 4. The predicted octanol–water partition coefficient (Wildman–Crippen LogP) is -0.659. The molecule has 0 aromatic rings. The van der Waals surface area contributed by atoms with Crippen LogP contribution in [0.3, 0.4) is 0 Å². The highest BCUT2D eigenvalue weighted by molar-refractivity contribution is 5.83. The van der Waals surface area contributed by atoms with E-state index in [2.05, 4.69) is 4.74 Å². The largest absolute Gasteiger partial charge is 0.467 e. The van der Waals surface area contributed by atoms with Crippen molar-refractivity contribution in [2.75, 3.05) is 20.3 Å². The van der Waals surface area contributed by atoms with E-state index in [4.69, 9.17) is 11.5 Å². The van der Waals surface area contributed by atoms with Crippen LogP contribution in [0.5, 0.6) is 0 Å². The molecule has 1 atom stereocenters. The Bertz CT molecular complexity index is 184. The Balaban J connectivity index is 4.44. The van der Waals surface area contributed by atoms with Gasteiger partial charge in [0.1, 0.15) is 6.67 Å². The Morgan fingerprint density at radius 3 is 2.67 bits per heavy atom. The molecule has 0 heterocycles. The van der Waals surface area contributed by atoms with E-state index in [0.717, 1.165) is 7.11 Å². The number of hydrogen-bond donors (Lipinski definition) is 2. The standard InChI is InChI=1S/C7H13FN2O2/c1-12-6(11)7(10,5-8)3-2-4-9/h2-3H,4-5,9-10H2,1H3/b3-2+/t7-/m1/s1. The van der Waals surface area contributed by atoms with E-state index in [0.29, 0.717) is 0 Å². The van der Waals surface area contributed by atoms with Gasteiger partial charge in [-0.25, -0.2) is 9.18 Å². The molecule has 0 aromatic heterocycles. The Kier molecular flexibility index (Phi) is 4.46. The zero-order valence-corrected chi connectivity index (χ0v) is 6.92. The minimum Gasteiger partial charge on any atom is -0.467 e. The third kappa shape index (κ3) is 2.60. The molecule has 70 valence electrons. The van der Waals surface area contributed by atoms with Gasteiger partial charge in [0, 0.05) is 6.54 Å². The first-order valence-electron chi connectivity index (χ1n) is 3.41. The van der Waals surface area contributed by atoms with Crippen LogP contribution in [0.25, 0.3) is 0 Å². The molecule has 0 spiro atoms. The van der Waals surface area contributed by atoms with Crippen LogP contribution in [0, 0.1) is 0 Å². The summed E-state index contributed by atoms with van der Waals surface area (Å²) in [6.45, 7) is -0.799. The van der Waals surface area contributed by atoms with Gasteiger partial charge in [-0.3, -0.25) is 0 Å². The minimum absolute atomic E-state index is 0.204. The van der Waals surface area contributed by atoms with Crippen LogP contribution in [0.4, 0.5) is 4.39 Å². The molecule has 4 N–H and O–H groups in total. The maximum Gasteiger partial charge on any atom is 0.332 e. The summed E-state index contributed by atoms with van der Waals surface area (Å²) in [7, 11) is 1.15. The SMILES string of the molecule is COC(=O)[C@@](N)(/C=C/CN)CF. The molecule has 0 aliphatic heterocycles. The number of esters is 1. The molecule has 0 saturated carbocycles. The van der Waals surface area contributed by atoms with Crippen molar-refractivity contribution in [3.05, 3.63) is 12.2 Å². The third-order valence-electron chi connectivity index (χ3n) is 1.34. The molecule has 0 aliphatic carbocycles. The van der Waals surface area contributed by atoms with Gasteiger partial charge in [0.2, 0.25) is 0 Å². The van der Waals surface area contributed by atoms with Crippen LogP contribution in [0.15, 0.2) is 12.2 Å². The fraction of sp³-hybridized carbons (Fsp3) is 0.571. The quantitative estimate of drug-likeness (QED) is 0.440. The second-order valence-corrected chi connectivity index (χ2v) is 2.30. The maximum atomic E-state index is 12.3. The molecule has 0 amide bonds. The van der Waals surface area contributed by atoms with Crippen molar-refractivity contribution in [2.45, 2.75) is 5.54 Å². The Hall–Kier alpha value is -0.940. The van der Waals surface area contributed by atoms with Gasteiger partial charge in [-0.2, -0.15) is 0 Å². The van der Waals surface area contributed by atoms with E-state index in [1.807, 2.05) is 0 Å². The molecule has 0 saturated heterocycles. The number of ether oxygens (including phenoxy) is 1. The van der Waals surface area contributed by atoms with Crippen molar-refractivity contribution < 1.29 is 13.9 Å². The summed E-state index contributed by atoms with van der Waals surface area (Å²) >= 11 is 0. The molecule has 0 aromatic carbocycles. The van der Waals surface area contributed by atoms with E-state index in [-0.39, 0.29) is 6.54 Å². The molecular formula is C7H13FN2O2. The molecular weight excluding hydrogens is 163 g/mol. The first kappa shape index (κ1) is 11.1. The van der Waals surface area contributed by atoms with Gasteiger partial charge < -0.3 is 16.2 Å². The lowest BCUT2D eigenvalue weighted by atomic mass is 10.0. The predicted molar refractivity (Wildman–Crippen MR) is 43.1 cm³/mol. The molecule has 0 rings (SSSR count). The van der Waals surface area contributed by atoms with Crippen LogP contribution < -0.4 is 11.5 Å². The van der Waals surface area contributed by atoms with Crippen LogP contribution >= 0.6 is 0 Å². The highest BCUT2D eigenvalue weighted by atomic mass is 19.1. The number of alkyl halides is 1. The molecule has 12 heavy (non-hydrogen) atoms. The molecule has 0 aliphatic rings. The molecule has 0 unspecified atom stereocenters. The van der Waals surface area contributed by atoms with Crippen molar-refractivity contribution in [3.63, 3.8) is 0 Å².